The molecular weight excluding hydrogens is 291 g/mol. The van der Waals surface area contributed by atoms with Gasteiger partial charge in [-0.25, -0.2) is 14.4 Å². The van der Waals surface area contributed by atoms with Gasteiger partial charge in [0.1, 0.15) is 18.0 Å². The van der Waals surface area contributed by atoms with Crippen molar-refractivity contribution in [1.29, 1.82) is 0 Å². The molecule has 1 heterocycles. The molecule has 1 saturated carbocycles. The fraction of sp³-hybridized carbons (Fsp3) is 0.444. The van der Waals surface area contributed by atoms with Crippen molar-refractivity contribution in [3.8, 4) is 11.3 Å². The van der Waals surface area contributed by atoms with E-state index in [4.69, 9.17) is 5.73 Å². The number of benzene rings is 1. The van der Waals surface area contributed by atoms with Crippen molar-refractivity contribution in [3.63, 3.8) is 0 Å². The molecule has 1 fully saturated rings. The Kier molecular flexibility index (Phi) is 4.86. The standard InChI is InChI=1S/C18H23FN4/c1-2-14-15(4-3-5-16(14)19)17-10-18(22-11-21-17)23-13-8-6-12(20)7-9-13/h3-5,10-13H,2,6-9,20H2,1H3,(H,21,22,23). The molecule has 1 aliphatic rings. The topological polar surface area (TPSA) is 63.8 Å². The van der Waals surface area contributed by atoms with E-state index in [1.807, 2.05) is 19.1 Å². The van der Waals surface area contributed by atoms with Crippen molar-refractivity contribution in [1.82, 2.24) is 9.97 Å². The van der Waals surface area contributed by atoms with Crippen LogP contribution in [0.3, 0.4) is 0 Å². The number of hydrogen-bond acceptors (Lipinski definition) is 4. The second-order valence-corrected chi connectivity index (χ2v) is 6.16. The number of aromatic nitrogens is 2. The van der Waals surface area contributed by atoms with Crippen LogP contribution in [0.1, 0.15) is 38.2 Å². The molecule has 1 aromatic carbocycles. The van der Waals surface area contributed by atoms with Crippen molar-refractivity contribution in [2.75, 3.05) is 5.32 Å². The predicted octanol–water partition coefficient (Wildman–Crippen LogP) is 3.53. The van der Waals surface area contributed by atoms with Crippen LogP contribution >= 0.6 is 0 Å². The summed E-state index contributed by atoms with van der Waals surface area (Å²) in [5, 5.41) is 3.46. The van der Waals surface area contributed by atoms with E-state index < -0.39 is 0 Å². The van der Waals surface area contributed by atoms with E-state index in [1.165, 1.54) is 12.4 Å². The molecule has 3 rings (SSSR count). The average Bonchev–Trinajstić information content (AvgIpc) is 2.57. The molecule has 122 valence electrons. The van der Waals surface area contributed by atoms with Crippen LogP contribution in [0.15, 0.2) is 30.6 Å². The second-order valence-electron chi connectivity index (χ2n) is 6.16. The Balaban J connectivity index is 1.82. The molecule has 4 nitrogen and oxygen atoms in total. The number of anilines is 1. The van der Waals surface area contributed by atoms with E-state index in [2.05, 4.69) is 15.3 Å². The first-order chi connectivity index (χ1) is 11.2. The predicted molar refractivity (Wildman–Crippen MR) is 90.7 cm³/mol. The van der Waals surface area contributed by atoms with Gasteiger partial charge in [0.25, 0.3) is 0 Å². The van der Waals surface area contributed by atoms with E-state index in [1.54, 1.807) is 6.07 Å². The number of halogens is 1. The van der Waals surface area contributed by atoms with Gasteiger partial charge in [0.05, 0.1) is 5.69 Å². The lowest BCUT2D eigenvalue weighted by molar-refractivity contribution is 0.410. The second kappa shape index (κ2) is 7.04. The van der Waals surface area contributed by atoms with Gasteiger partial charge in [-0.15, -0.1) is 0 Å². The van der Waals surface area contributed by atoms with Gasteiger partial charge >= 0.3 is 0 Å². The summed E-state index contributed by atoms with van der Waals surface area (Å²) in [7, 11) is 0. The highest BCUT2D eigenvalue weighted by Gasteiger charge is 2.19. The zero-order valence-electron chi connectivity index (χ0n) is 13.4. The maximum absolute atomic E-state index is 14.0. The van der Waals surface area contributed by atoms with Crippen LogP contribution in [0.5, 0.6) is 0 Å². The molecule has 1 aromatic heterocycles. The first-order valence-corrected chi connectivity index (χ1v) is 8.29. The van der Waals surface area contributed by atoms with Gasteiger partial charge in [-0.3, -0.25) is 0 Å². The van der Waals surface area contributed by atoms with Crippen molar-refractivity contribution in [2.24, 2.45) is 5.73 Å². The molecule has 0 spiro atoms. The Morgan fingerprint density at radius 3 is 2.74 bits per heavy atom. The Morgan fingerprint density at radius 1 is 1.22 bits per heavy atom. The highest BCUT2D eigenvalue weighted by atomic mass is 19.1. The van der Waals surface area contributed by atoms with Crippen LogP contribution in [0.2, 0.25) is 0 Å². The number of nitrogens with two attached hydrogens (primary N) is 1. The lowest BCUT2D eigenvalue weighted by Crippen LogP contribution is -2.33. The minimum Gasteiger partial charge on any atom is -0.367 e. The highest BCUT2D eigenvalue weighted by molar-refractivity contribution is 5.66. The van der Waals surface area contributed by atoms with E-state index in [0.717, 1.165) is 42.8 Å². The van der Waals surface area contributed by atoms with E-state index in [0.29, 0.717) is 24.1 Å². The summed E-state index contributed by atoms with van der Waals surface area (Å²) in [4.78, 5) is 8.64. The molecule has 0 bridgehead atoms. The van der Waals surface area contributed by atoms with Crippen LogP contribution in [-0.2, 0) is 6.42 Å². The average molecular weight is 314 g/mol. The molecule has 0 amide bonds. The van der Waals surface area contributed by atoms with Gasteiger partial charge in [0.2, 0.25) is 0 Å². The zero-order valence-corrected chi connectivity index (χ0v) is 13.4. The highest BCUT2D eigenvalue weighted by Crippen LogP contribution is 2.27. The third-order valence-corrected chi connectivity index (χ3v) is 4.54. The Labute approximate surface area is 136 Å². The fourth-order valence-electron chi connectivity index (χ4n) is 3.21. The van der Waals surface area contributed by atoms with Crippen LogP contribution in [-0.4, -0.2) is 22.1 Å². The minimum absolute atomic E-state index is 0.181. The Bertz CT molecular complexity index is 666. The van der Waals surface area contributed by atoms with Gasteiger partial charge in [-0.2, -0.15) is 0 Å². The SMILES string of the molecule is CCc1c(F)cccc1-c1cc(NC2CCC(N)CC2)ncn1. The van der Waals surface area contributed by atoms with E-state index >= 15 is 0 Å². The molecule has 1 aliphatic carbocycles. The monoisotopic (exact) mass is 314 g/mol. The van der Waals surface area contributed by atoms with Gasteiger partial charge < -0.3 is 11.1 Å². The molecule has 0 aliphatic heterocycles. The number of hydrogen-bond donors (Lipinski definition) is 2. The van der Waals surface area contributed by atoms with Crippen LogP contribution in [0.4, 0.5) is 10.2 Å². The van der Waals surface area contributed by atoms with Gasteiger partial charge in [-0.1, -0.05) is 19.1 Å². The van der Waals surface area contributed by atoms with Crippen molar-refractivity contribution < 1.29 is 4.39 Å². The van der Waals surface area contributed by atoms with Crippen molar-refractivity contribution in [3.05, 3.63) is 42.0 Å². The normalized spacial score (nSPS) is 21.2. The molecule has 0 saturated heterocycles. The lowest BCUT2D eigenvalue weighted by Gasteiger charge is -2.27. The first-order valence-electron chi connectivity index (χ1n) is 8.29. The smallest absolute Gasteiger partial charge is 0.130 e. The quantitative estimate of drug-likeness (QED) is 0.906. The van der Waals surface area contributed by atoms with Crippen molar-refractivity contribution >= 4 is 5.82 Å². The summed E-state index contributed by atoms with van der Waals surface area (Å²) in [5.41, 5.74) is 8.24. The third-order valence-electron chi connectivity index (χ3n) is 4.54. The number of nitrogens with zero attached hydrogens (tertiary/aromatic N) is 2. The zero-order chi connectivity index (χ0) is 16.2. The minimum atomic E-state index is -0.181. The summed E-state index contributed by atoms with van der Waals surface area (Å²) in [5.74, 6) is 0.612. The molecule has 23 heavy (non-hydrogen) atoms. The molecule has 0 atom stereocenters. The van der Waals surface area contributed by atoms with Crippen LogP contribution in [0.25, 0.3) is 11.3 Å². The molecule has 0 radical (unpaired) electrons. The summed E-state index contributed by atoms with van der Waals surface area (Å²) < 4.78 is 14.0. The van der Waals surface area contributed by atoms with E-state index in [-0.39, 0.29) is 5.82 Å². The summed E-state index contributed by atoms with van der Waals surface area (Å²) in [6.07, 6.45) is 6.37. The maximum atomic E-state index is 14.0. The molecule has 5 heteroatoms. The number of nitrogens with one attached hydrogen (secondary N) is 1. The van der Waals surface area contributed by atoms with Crippen LogP contribution in [0, 0.1) is 5.82 Å². The fourth-order valence-corrected chi connectivity index (χ4v) is 3.21. The summed E-state index contributed by atoms with van der Waals surface area (Å²) >= 11 is 0. The molecule has 2 aromatic rings. The van der Waals surface area contributed by atoms with Gasteiger partial charge in [0, 0.05) is 23.7 Å². The van der Waals surface area contributed by atoms with Crippen LogP contribution < -0.4 is 11.1 Å². The Morgan fingerprint density at radius 2 is 2.00 bits per heavy atom. The largest absolute Gasteiger partial charge is 0.367 e. The van der Waals surface area contributed by atoms with Crippen molar-refractivity contribution in [2.45, 2.75) is 51.1 Å². The van der Waals surface area contributed by atoms with E-state index in [9.17, 15) is 4.39 Å². The number of rotatable bonds is 4. The molecule has 3 N–H and O–H groups in total. The van der Waals surface area contributed by atoms with Gasteiger partial charge in [0.15, 0.2) is 0 Å². The lowest BCUT2D eigenvalue weighted by atomic mass is 9.92. The summed E-state index contributed by atoms with van der Waals surface area (Å²) in [6, 6.07) is 7.76. The van der Waals surface area contributed by atoms with Gasteiger partial charge in [-0.05, 0) is 43.7 Å². The molecular formula is C18H23FN4. The Hall–Kier alpha value is -2.01. The summed E-state index contributed by atoms with van der Waals surface area (Å²) in [6.45, 7) is 1.95. The first kappa shape index (κ1) is 15.9. The maximum Gasteiger partial charge on any atom is 0.130 e. The third kappa shape index (κ3) is 3.67. The molecule has 0 unspecified atom stereocenters.